The molecule has 0 N–H and O–H groups in total. The van der Waals surface area contributed by atoms with Crippen LogP contribution in [0.3, 0.4) is 0 Å². The van der Waals surface area contributed by atoms with E-state index in [0.29, 0.717) is 0 Å². The molecule has 5 rings (SSSR count). The maximum absolute atomic E-state index is 11.3. The third-order valence-corrected chi connectivity index (χ3v) is 6.84. The Labute approximate surface area is 211 Å². The van der Waals surface area contributed by atoms with Crippen LogP contribution < -0.4 is 4.90 Å². The van der Waals surface area contributed by atoms with E-state index < -0.39 is 0 Å². The quantitative estimate of drug-likeness (QED) is 0.163. The number of hydrogen-bond donors (Lipinski definition) is 0. The van der Waals surface area contributed by atoms with Gasteiger partial charge in [0.2, 0.25) is 5.69 Å². The highest BCUT2D eigenvalue weighted by Gasteiger charge is 2.43. The van der Waals surface area contributed by atoms with Crippen LogP contribution in [0.25, 0.3) is 6.08 Å². The predicted molar refractivity (Wildman–Crippen MR) is 147 cm³/mol. The molecular weight excluding hydrogens is 446 g/mol. The largest absolute Gasteiger partial charge is 0.311 e. The predicted octanol–water partition coefficient (Wildman–Crippen LogP) is 7.78. The fourth-order valence-electron chi connectivity index (χ4n) is 4.95. The van der Waals surface area contributed by atoms with E-state index in [0.717, 1.165) is 39.6 Å². The van der Waals surface area contributed by atoms with Crippen molar-refractivity contribution in [1.82, 2.24) is 0 Å². The average molecular weight is 475 g/mol. The van der Waals surface area contributed by atoms with Gasteiger partial charge in [0.05, 0.1) is 10.3 Å². The van der Waals surface area contributed by atoms with Gasteiger partial charge in [0, 0.05) is 46.9 Å². The van der Waals surface area contributed by atoms with E-state index in [-0.39, 0.29) is 16.0 Å². The number of para-hydroxylation sites is 2. The molecule has 1 heterocycles. The van der Waals surface area contributed by atoms with Crippen molar-refractivity contribution in [2.75, 3.05) is 11.9 Å². The lowest BCUT2D eigenvalue weighted by molar-refractivity contribution is -0.402. The minimum absolute atomic E-state index is 0.123. The number of hydrogen-bond acceptors (Lipinski definition) is 3. The highest BCUT2D eigenvalue weighted by Crippen LogP contribution is 2.41. The van der Waals surface area contributed by atoms with Gasteiger partial charge >= 0.3 is 0 Å². The lowest BCUT2D eigenvalue weighted by Crippen LogP contribution is -2.26. The van der Waals surface area contributed by atoms with Crippen molar-refractivity contribution in [3.8, 4) is 0 Å². The zero-order valence-corrected chi connectivity index (χ0v) is 20.6. The number of benzene rings is 4. The zero-order chi connectivity index (χ0) is 25.3. The first-order chi connectivity index (χ1) is 17.4. The third-order valence-electron chi connectivity index (χ3n) is 6.84. The van der Waals surface area contributed by atoms with Gasteiger partial charge < -0.3 is 4.90 Å². The SMILES string of the molecule is C[N+]1=C(/C=C/c2ccc(N(c3ccccc3)c3ccccc3)cc2)C(C)(C)c2cc([N+](=O)[O-])ccc21. The van der Waals surface area contributed by atoms with Crippen molar-refractivity contribution in [2.24, 2.45) is 0 Å². The fraction of sp³-hybridized carbons (Fsp3) is 0.129. The van der Waals surface area contributed by atoms with E-state index in [2.05, 4.69) is 84.0 Å². The van der Waals surface area contributed by atoms with Crippen LogP contribution in [0.1, 0.15) is 25.0 Å². The minimum Gasteiger partial charge on any atom is -0.311 e. The summed E-state index contributed by atoms with van der Waals surface area (Å²) >= 11 is 0. The van der Waals surface area contributed by atoms with Gasteiger partial charge in [0.15, 0.2) is 5.71 Å². The van der Waals surface area contributed by atoms with Gasteiger partial charge in [-0.25, -0.2) is 0 Å². The molecule has 4 aromatic carbocycles. The summed E-state index contributed by atoms with van der Waals surface area (Å²) in [7, 11) is 2.01. The molecule has 0 fully saturated rings. The molecule has 1 aliphatic rings. The Morgan fingerprint density at radius 2 is 1.33 bits per heavy atom. The molecule has 0 unspecified atom stereocenters. The highest BCUT2D eigenvalue weighted by atomic mass is 16.6. The van der Waals surface area contributed by atoms with Gasteiger partial charge in [-0.15, -0.1) is 0 Å². The first-order valence-corrected chi connectivity index (χ1v) is 11.9. The van der Waals surface area contributed by atoms with Gasteiger partial charge in [0.25, 0.3) is 5.69 Å². The maximum atomic E-state index is 11.3. The number of rotatable bonds is 6. The molecule has 0 amide bonds. The van der Waals surface area contributed by atoms with Crippen molar-refractivity contribution in [1.29, 1.82) is 0 Å². The van der Waals surface area contributed by atoms with Crippen molar-refractivity contribution in [2.45, 2.75) is 19.3 Å². The Bertz CT molecular complexity index is 1430. The van der Waals surface area contributed by atoms with Crippen LogP contribution >= 0.6 is 0 Å². The van der Waals surface area contributed by atoms with Crippen molar-refractivity contribution >= 4 is 40.2 Å². The lowest BCUT2D eigenvalue weighted by atomic mass is 9.81. The molecule has 36 heavy (non-hydrogen) atoms. The first-order valence-electron chi connectivity index (χ1n) is 11.9. The van der Waals surface area contributed by atoms with Gasteiger partial charge in [-0.1, -0.05) is 48.5 Å². The van der Waals surface area contributed by atoms with Crippen LogP contribution in [0.15, 0.2) is 109 Å². The van der Waals surface area contributed by atoms with Crippen molar-refractivity contribution in [3.05, 3.63) is 130 Å². The van der Waals surface area contributed by atoms with Gasteiger partial charge in [0.1, 0.15) is 7.05 Å². The molecule has 0 radical (unpaired) electrons. The van der Waals surface area contributed by atoms with Crippen LogP contribution in [0.4, 0.5) is 28.4 Å². The Morgan fingerprint density at radius 3 is 1.89 bits per heavy atom. The summed E-state index contributed by atoms with van der Waals surface area (Å²) in [6, 6.07) is 34.3. The standard InChI is InChI=1S/C31H28N3O2/c1-31(2)28-22-27(34(35)36)19-20-29(28)32(3)30(31)21-16-23-14-17-26(18-15-23)33(24-10-6-4-7-11-24)25-12-8-5-9-13-25/h4-22H,1-3H3/q+1. The normalized spacial score (nSPS) is 14.2. The number of allylic oxidation sites excluding steroid dienone is 1. The summed E-state index contributed by atoms with van der Waals surface area (Å²) in [5.74, 6) is 0. The fourth-order valence-corrected chi connectivity index (χ4v) is 4.95. The second-order valence-electron chi connectivity index (χ2n) is 9.46. The summed E-state index contributed by atoms with van der Waals surface area (Å²) in [5, 5.41) is 11.3. The van der Waals surface area contributed by atoms with E-state index in [1.54, 1.807) is 12.1 Å². The molecule has 0 bridgehead atoms. The van der Waals surface area contributed by atoms with E-state index in [1.165, 1.54) is 0 Å². The van der Waals surface area contributed by atoms with E-state index in [9.17, 15) is 10.1 Å². The Morgan fingerprint density at radius 1 is 0.778 bits per heavy atom. The molecule has 178 valence electrons. The number of anilines is 3. The molecule has 5 nitrogen and oxygen atoms in total. The molecule has 1 aliphatic heterocycles. The summed E-state index contributed by atoms with van der Waals surface area (Å²) in [6.45, 7) is 4.22. The van der Waals surface area contributed by atoms with Crippen LogP contribution in [0, 0.1) is 10.1 Å². The number of fused-ring (bicyclic) bond motifs is 1. The Hall–Kier alpha value is -4.51. The molecule has 0 aromatic heterocycles. The van der Waals surface area contributed by atoms with Crippen LogP contribution in [0.2, 0.25) is 0 Å². The van der Waals surface area contributed by atoms with Crippen LogP contribution in [0.5, 0.6) is 0 Å². The molecule has 0 atom stereocenters. The molecule has 0 spiro atoms. The van der Waals surface area contributed by atoms with Crippen LogP contribution in [-0.4, -0.2) is 22.3 Å². The molecule has 5 heteroatoms. The Balaban J connectivity index is 1.44. The number of non-ortho nitro benzene ring substituents is 1. The molecule has 0 saturated carbocycles. The average Bonchev–Trinajstić information content (AvgIpc) is 3.09. The molecular formula is C31H28N3O2+. The van der Waals surface area contributed by atoms with Gasteiger partial charge in [-0.05, 0) is 61.9 Å². The van der Waals surface area contributed by atoms with Crippen LogP contribution in [-0.2, 0) is 5.41 Å². The molecule has 0 aliphatic carbocycles. The Kier molecular flexibility index (Phi) is 5.98. The topological polar surface area (TPSA) is 49.4 Å². The van der Waals surface area contributed by atoms with E-state index in [1.807, 2.05) is 49.5 Å². The molecule has 0 saturated heterocycles. The number of nitro groups is 1. The van der Waals surface area contributed by atoms with E-state index >= 15 is 0 Å². The monoisotopic (exact) mass is 474 g/mol. The second-order valence-corrected chi connectivity index (χ2v) is 9.46. The second kappa shape index (κ2) is 9.27. The van der Waals surface area contributed by atoms with Gasteiger partial charge in [-0.3, -0.25) is 10.1 Å². The van der Waals surface area contributed by atoms with E-state index in [4.69, 9.17) is 0 Å². The summed E-state index contributed by atoms with van der Waals surface area (Å²) in [6.07, 6.45) is 4.22. The summed E-state index contributed by atoms with van der Waals surface area (Å²) < 4.78 is 2.12. The van der Waals surface area contributed by atoms with Crippen molar-refractivity contribution in [3.63, 3.8) is 0 Å². The maximum Gasteiger partial charge on any atom is 0.270 e. The first kappa shape index (κ1) is 23.2. The lowest BCUT2D eigenvalue weighted by Gasteiger charge is -2.25. The summed E-state index contributed by atoms with van der Waals surface area (Å²) in [5.41, 5.74) is 7.21. The number of nitrogens with zero attached hydrogens (tertiary/aromatic N) is 3. The van der Waals surface area contributed by atoms with Crippen molar-refractivity contribution < 1.29 is 9.50 Å². The third kappa shape index (κ3) is 4.20. The number of nitro benzene ring substituents is 1. The summed E-state index contributed by atoms with van der Waals surface area (Å²) in [4.78, 5) is 13.2. The highest BCUT2D eigenvalue weighted by molar-refractivity contribution is 6.05. The van der Waals surface area contributed by atoms with Gasteiger partial charge in [-0.2, -0.15) is 4.58 Å². The minimum atomic E-state index is -0.343. The zero-order valence-electron chi connectivity index (χ0n) is 20.6. The molecule has 4 aromatic rings. The smallest absolute Gasteiger partial charge is 0.270 e.